The van der Waals surface area contributed by atoms with Crippen LogP contribution in [0.4, 0.5) is 0 Å². The fourth-order valence-corrected chi connectivity index (χ4v) is 2.29. The van der Waals surface area contributed by atoms with E-state index in [-0.39, 0.29) is 12.1 Å². The predicted molar refractivity (Wildman–Crippen MR) is 48.1 cm³/mol. The third kappa shape index (κ3) is 1.94. The van der Waals surface area contributed by atoms with E-state index in [0.29, 0.717) is 11.3 Å². The van der Waals surface area contributed by atoms with Gasteiger partial charge in [-0.3, -0.25) is 0 Å². The minimum Gasteiger partial charge on any atom is -0.326 e. The minimum atomic E-state index is 0.203. The molecule has 0 radical (unpaired) electrons. The van der Waals surface area contributed by atoms with Gasteiger partial charge in [-0.05, 0) is 24.2 Å². The van der Waals surface area contributed by atoms with Crippen molar-refractivity contribution in [1.29, 1.82) is 0 Å². The minimum absolute atomic E-state index is 0.203. The first-order valence-electron chi connectivity index (χ1n) is 4.43. The molecule has 2 heteroatoms. The van der Waals surface area contributed by atoms with Crippen molar-refractivity contribution in [3.63, 3.8) is 0 Å². The standard InChI is InChI=1S/C9H20N2/c1-6-4-9(2,3)5-7(10)8(6)11/h6-8H,4-5,10-11H2,1-3H3. The Hall–Kier alpha value is -0.0800. The SMILES string of the molecule is CC1CC(C)(C)CC(N)C1N. The zero-order valence-electron chi connectivity index (χ0n) is 7.80. The van der Waals surface area contributed by atoms with Crippen LogP contribution in [0.5, 0.6) is 0 Å². The van der Waals surface area contributed by atoms with E-state index in [9.17, 15) is 0 Å². The summed E-state index contributed by atoms with van der Waals surface area (Å²) in [5.74, 6) is 0.578. The summed E-state index contributed by atoms with van der Waals surface area (Å²) in [6, 6.07) is 0.414. The molecule has 2 nitrogen and oxygen atoms in total. The van der Waals surface area contributed by atoms with Crippen LogP contribution in [0.3, 0.4) is 0 Å². The molecule has 1 rings (SSSR count). The Kier molecular flexibility index (Phi) is 2.26. The third-order valence-corrected chi connectivity index (χ3v) is 2.81. The number of hydrogen-bond donors (Lipinski definition) is 2. The molecule has 0 heterocycles. The molecule has 66 valence electrons. The molecule has 0 aromatic carbocycles. The van der Waals surface area contributed by atoms with Gasteiger partial charge in [0.15, 0.2) is 0 Å². The van der Waals surface area contributed by atoms with Crippen LogP contribution in [0.15, 0.2) is 0 Å². The first-order chi connectivity index (χ1) is 4.92. The molecule has 1 aliphatic carbocycles. The van der Waals surface area contributed by atoms with Crippen LogP contribution in [-0.4, -0.2) is 12.1 Å². The molecule has 0 spiro atoms. The average molecular weight is 156 g/mol. The van der Waals surface area contributed by atoms with Crippen LogP contribution < -0.4 is 11.5 Å². The highest BCUT2D eigenvalue weighted by Gasteiger charge is 2.35. The van der Waals surface area contributed by atoms with E-state index in [1.54, 1.807) is 0 Å². The highest BCUT2D eigenvalue weighted by atomic mass is 14.8. The molecule has 0 bridgehead atoms. The first-order valence-corrected chi connectivity index (χ1v) is 4.43. The second-order valence-corrected chi connectivity index (χ2v) is 4.79. The van der Waals surface area contributed by atoms with Gasteiger partial charge in [0.05, 0.1) is 0 Å². The quantitative estimate of drug-likeness (QED) is 0.552. The zero-order chi connectivity index (χ0) is 8.65. The highest BCUT2D eigenvalue weighted by molar-refractivity contribution is 4.92. The molecule has 11 heavy (non-hydrogen) atoms. The molecular formula is C9H20N2. The monoisotopic (exact) mass is 156 g/mol. The van der Waals surface area contributed by atoms with Gasteiger partial charge in [0.1, 0.15) is 0 Å². The second-order valence-electron chi connectivity index (χ2n) is 4.79. The van der Waals surface area contributed by atoms with Gasteiger partial charge < -0.3 is 11.5 Å². The summed E-state index contributed by atoms with van der Waals surface area (Å²) >= 11 is 0. The van der Waals surface area contributed by atoms with Crippen molar-refractivity contribution >= 4 is 0 Å². The van der Waals surface area contributed by atoms with Crippen LogP contribution >= 0.6 is 0 Å². The van der Waals surface area contributed by atoms with Crippen LogP contribution in [0.1, 0.15) is 33.6 Å². The van der Waals surface area contributed by atoms with Gasteiger partial charge in [-0.1, -0.05) is 20.8 Å². The van der Waals surface area contributed by atoms with E-state index in [1.165, 1.54) is 6.42 Å². The number of hydrogen-bond acceptors (Lipinski definition) is 2. The summed E-state index contributed by atoms with van der Waals surface area (Å²) < 4.78 is 0. The Morgan fingerprint density at radius 2 is 1.73 bits per heavy atom. The molecule has 0 saturated heterocycles. The fourth-order valence-electron chi connectivity index (χ4n) is 2.29. The second kappa shape index (κ2) is 2.76. The number of nitrogens with two attached hydrogens (primary N) is 2. The van der Waals surface area contributed by atoms with Gasteiger partial charge in [0.25, 0.3) is 0 Å². The summed E-state index contributed by atoms with van der Waals surface area (Å²) in [6.45, 7) is 6.75. The Balaban J connectivity index is 2.62. The topological polar surface area (TPSA) is 52.0 Å². The molecule has 1 aliphatic rings. The molecule has 1 fully saturated rings. The third-order valence-electron chi connectivity index (χ3n) is 2.81. The Labute approximate surface area is 69.3 Å². The maximum absolute atomic E-state index is 5.92. The average Bonchev–Trinajstić information content (AvgIpc) is 1.81. The van der Waals surface area contributed by atoms with Crippen molar-refractivity contribution < 1.29 is 0 Å². The smallest absolute Gasteiger partial charge is 0.0218 e. The lowest BCUT2D eigenvalue weighted by molar-refractivity contribution is 0.147. The molecule has 4 N–H and O–H groups in total. The Bertz CT molecular complexity index is 128. The van der Waals surface area contributed by atoms with Gasteiger partial charge in [0, 0.05) is 12.1 Å². The normalized spacial score (nSPS) is 43.9. The molecule has 0 amide bonds. The summed E-state index contributed by atoms with van der Waals surface area (Å²) in [5.41, 5.74) is 12.2. The van der Waals surface area contributed by atoms with Gasteiger partial charge in [0.2, 0.25) is 0 Å². The largest absolute Gasteiger partial charge is 0.326 e. The fraction of sp³-hybridized carbons (Fsp3) is 1.00. The van der Waals surface area contributed by atoms with E-state index >= 15 is 0 Å². The van der Waals surface area contributed by atoms with E-state index in [1.807, 2.05) is 0 Å². The van der Waals surface area contributed by atoms with Gasteiger partial charge >= 0.3 is 0 Å². The number of rotatable bonds is 0. The van der Waals surface area contributed by atoms with E-state index in [0.717, 1.165) is 6.42 Å². The van der Waals surface area contributed by atoms with Crippen LogP contribution in [0.25, 0.3) is 0 Å². The zero-order valence-corrected chi connectivity index (χ0v) is 7.80. The Morgan fingerprint density at radius 3 is 2.18 bits per heavy atom. The van der Waals surface area contributed by atoms with E-state index < -0.39 is 0 Å². The molecule has 3 atom stereocenters. The summed E-state index contributed by atoms with van der Waals surface area (Å²) in [5, 5.41) is 0. The predicted octanol–water partition coefficient (Wildman–Crippen LogP) is 1.10. The molecule has 0 aliphatic heterocycles. The maximum atomic E-state index is 5.92. The van der Waals surface area contributed by atoms with E-state index in [4.69, 9.17) is 11.5 Å². The van der Waals surface area contributed by atoms with Crippen molar-refractivity contribution in [2.24, 2.45) is 22.8 Å². The summed E-state index contributed by atoms with van der Waals surface area (Å²) in [7, 11) is 0. The molecule has 1 saturated carbocycles. The first kappa shape index (κ1) is 9.01. The lowest BCUT2D eigenvalue weighted by atomic mass is 9.69. The van der Waals surface area contributed by atoms with Crippen LogP contribution in [0, 0.1) is 11.3 Å². The van der Waals surface area contributed by atoms with Crippen molar-refractivity contribution in [2.75, 3.05) is 0 Å². The van der Waals surface area contributed by atoms with E-state index in [2.05, 4.69) is 20.8 Å². The lowest BCUT2D eigenvalue weighted by Crippen LogP contribution is -2.52. The highest BCUT2D eigenvalue weighted by Crippen LogP contribution is 2.37. The molecular weight excluding hydrogens is 136 g/mol. The maximum Gasteiger partial charge on any atom is 0.0218 e. The van der Waals surface area contributed by atoms with Gasteiger partial charge in [-0.15, -0.1) is 0 Å². The van der Waals surface area contributed by atoms with Crippen LogP contribution in [-0.2, 0) is 0 Å². The van der Waals surface area contributed by atoms with Crippen molar-refractivity contribution in [2.45, 2.75) is 45.7 Å². The summed E-state index contributed by atoms with van der Waals surface area (Å²) in [6.07, 6.45) is 2.28. The van der Waals surface area contributed by atoms with Gasteiger partial charge in [-0.2, -0.15) is 0 Å². The molecule has 3 unspecified atom stereocenters. The summed E-state index contributed by atoms with van der Waals surface area (Å²) in [4.78, 5) is 0. The van der Waals surface area contributed by atoms with Crippen molar-refractivity contribution in [1.82, 2.24) is 0 Å². The molecule has 0 aromatic heterocycles. The Morgan fingerprint density at radius 1 is 1.18 bits per heavy atom. The molecule has 0 aromatic rings. The lowest BCUT2D eigenvalue weighted by Gasteiger charge is -2.41. The van der Waals surface area contributed by atoms with Gasteiger partial charge in [-0.25, -0.2) is 0 Å². The van der Waals surface area contributed by atoms with Crippen molar-refractivity contribution in [3.8, 4) is 0 Å². The van der Waals surface area contributed by atoms with Crippen LogP contribution in [0.2, 0.25) is 0 Å². The van der Waals surface area contributed by atoms with Crippen molar-refractivity contribution in [3.05, 3.63) is 0 Å².